The quantitative estimate of drug-likeness (QED) is 0.202. The van der Waals surface area contributed by atoms with Crippen molar-refractivity contribution in [2.24, 2.45) is 0 Å². The number of amides is 1. The molecule has 0 aliphatic carbocycles. The Balaban J connectivity index is 2.56. The highest BCUT2D eigenvalue weighted by Gasteiger charge is 2.20. The van der Waals surface area contributed by atoms with Crippen molar-refractivity contribution in [1.82, 2.24) is 10.0 Å². The van der Waals surface area contributed by atoms with Crippen LogP contribution in [-0.4, -0.2) is 39.6 Å². The number of rotatable bonds is 9. The van der Waals surface area contributed by atoms with E-state index in [1.165, 1.54) is 24.8 Å². The maximum atomic E-state index is 11.2. The molecule has 0 saturated carbocycles. The van der Waals surface area contributed by atoms with E-state index in [9.17, 15) is 19.7 Å². The number of thioether (sulfide) groups is 1. The first-order valence-electron chi connectivity index (χ1n) is 6.12. The van der Waals surface area contributed by atoms with Gasteiger partial charge in [-0.1, -0.05) is 12.1 Å². The second kappa shape index (κ2) is 9.28. The average Bonchev–Trinajstić information content (AvgIpc) is 2.45. The smallest absolute Gasteiger partial charge is 0.322 e. The molecule has 0 aliphatic heterocycles. The van der Waals surface area contributed by atoms with Crippen LogP contribution in [0.2, 0.25) is 0 Å². The van der Waals surface area contributed by atoms with Gasteiger partial charge in [0.2, 0.25) is 5.91 Å². The first-order chi connectivity index (χ1) is 10.4. The predicted octanol–water partition coefficient (Wildman–Crippen LogP) is 1.47. The van der Waals surface area contributed by atoms with E-state index in [2.05, 4.69) is 10.0 Å². The maximum Gasteiger partial charge on any atom is 0.322 e. The summed E-state index contributed by atoms with van der Waals surface area (Å²) in [7, 11) is 0. The van der Waals surface area contributed by atoms with Gasteiger partial charge in [-0.3, -0.25) is 19.7 Å². The predicted molar refractivity (Wildman–Crippen MR) is 84.7 cm³/mol. The Bertz CT molecular complexity index is 555. The molecule has 0 aromatic heterocycles. The Hall–Kier alpha value is -1.78. The van der Waals surface area contributed by atoms with E-state index < -0.39 is 16.9 Å². The summed E-state index contributed by atoms with van der Waals surface area (Å²) in [5.41, 5.74) is -0.0879. The van der Waals surface area contributed by atoms with Gasteiger partial charge >= 0.3 is 5.97 Å². The highest BCUT2D eigenvalue weighted by molar-refractivity contribution is 7.99. The first-order valence-corrected chi connectivity index (χ1v) is 8.09. The van der Waals surface area contributed by atoms with Gasteiger partial charge < -0.3 is 10.4 Å². The molecule has 22 heavy (non-hydrogen) atoms. The number of nitrogens with zero attached hydrogens (tertiary/aromatic N) is 1. The van der Waals surface area contributed by atoms with Crippen LogP contribution in [0, 0.1) is 10.1 Å². The van der Waals surface area contributed by atoms with Crippen LogP contribution in [0.5, 0.6) is 0 Å². The lowest BCUT2D eigenvalue weighted by Crippen LogP contribution is -2.35. The molecule has 3 N–H and O–H groups in total. The van der Waals surface area contributed by atoms with Crippen LogP contribution in [-0.2, 0) is 9.59 Å². The van der Waals surface area contributed by atoms with Gasteiger partial charge in [0.1, 0.15) is 10.9 Å². The summed E-state index contributed by atoms with van der Waals surface area (Å²) in [5.74, 6) is -0.747. The Kier molecular flexibility index (Phi) is 7.71. The monoisotopic (exact) mass is 345 g/mol. The molecule has 0 unspecified atom stereocenters. The van der Waals surface area contributed by atoms with Crippen LogP contribution < -0.4 is 10.0 Å². The number of hydrogen-bond donors (Lipinski definition) is 3. The molecule has 120 valence electrons. The fourth-order valence-corrected chi connectivity index (χ4v) is 3.15. The van der Waals surface area contributed by atoms with Crippen molar-refractivity contribution in [3.05, 3.63) is 34.4 Å². The second-order valence-corrected chi connectivity index (χ2v) is 5.99. The summed E-state index contributed by atoms with van der Waals surface area (Å²) in [6.45, 7) is 1.37. The van der Waals surface area contributed by atoms with Crippen molar-refractivity contribution in [2.75, 3.05) is 11.6 Å². The maximum absolute atomic E-state index is 11.2. The summed E-state index contributed by atoms with van der Waals surface area (Å²) in [6, 6.07) is 5.17. The van der Waals surface area contributed by atoms with Crippen LogP contribution in [0.15, 0.2) is 29.2 Å². The molecule has 1 aromatic carbocycles. The lowest BCUT2D eigenvalue weighted by Gasteiger charge is -2.13. The number of nitro groups is 1. The second-order valence-electron chi connectivity index (χ2n) is 4.08. The standard InChI is InChI=1S/C12H15N3O5S2/c1-8(16)13-7-21-6-9(12(17)18)14-22-11-5-3-2-4-10(11)15(19)20/h2-5,9,14H,6-7H2,1H3,(H,13,16)(H,17,18)/t9-/m0/s1. The van der Waals surface area contributed by atoms with E-state index >= 15 is 0 Å². The number of carboxylic acid groups (broad SMARTS) is 1. The first kappa shape index (κ1) is 18.3. The van der Waals surface area contributed by atoms with Crippen molar-refractivity contribution in [1.29, 1.82) is 0 Å². The number of para-hydroxylation sites is 1. The van der Waals surface area contributed by atoms with Crippen LogP contribution in [0.25, 0.3) is 0 Å². The molecule has 0 fully saturated rings. The highest BCUT2D eigenvalue weighted by atomic mass is 32.2. The number of carbonyl (C=O) groups is 2. The van der Waals surface area contributed by atoms with Crippen molar-refractivity contribution in [3.63, 3.8) is 0 Å². The third-order valence-electron chi connectivity index (χ3n) is 2.38. The normalized spacial score (nSPS) is 11.7. The molecule has 1 aromatic rings. The number of hydrogen-bond acceptors (Lipinski definition) is 7. The number of benzene rings is 1. The number of carbonyl (C=O) groups excluding carboxylic acids is 1. The van der Waals surface area contributed by atoms with Crippen molar-refractivity contribution >= 4 is 41.3 Å². The van der Waals surface area contributed by atoms with Gasteiger partial charge in [-0.25, -0.2) is 4.72 Å². The van der Waals surface area contributed by atoms with Gasteiger partial charge in [-0.2, -0.15) is 0 Å². The minimum atomic E-state index is -1.07. The van der Waals surface area contributed by atoms with Crippen molar-refractivity contribution < 1.29 is 19.6 Å². The van der Waals surface area contributed by atoms with E-state index in [0.717, 1.165) is 11.9 Å². The molecule has 0 bridgehead atoms. The third-order valence-corrected chi connectivity index (χ3v) is 4.26. The van der Waals surface area contributed by atoms with E-state index in [1.807, 2.05) is 0 Å². The zero-order chi connectivity index (χ0) is 16.5. The summed E-state index contributed by atoms with van der Waals surface area (Å²) in [6.07, 6.45) is 0. The van der Waals surface area contributed by atoms with Crippen LogP contribution in [0.4, 0.5) is 5.69 Å². The minimum Gasteiger partial charge on any atom is -0.480 e. The van der Waals surface area contributed by atoms with E-state index in [4.69, 9.17) is 5.11 Å². The van der Waals surface area contributed by atoms with Gasteiger partial charge in [0, 0.05) is 18.7 Å². The largest absolute Gasteiger partial charge is 0.480 e. The Morgan fingerprint density at radius 3 is 2.68 bits per heavy atom. The molecule has 0 spiro atoms. The summed E-state index contributed by atoms with van der Waals surface area (Å²) in [4.78, 5) is 32.6. The Morgan fingerprint density at radius 1 is 1.41 bits per heavy atom. The number of carboxylic acids is 1. The van der Waals surface area contributed by atoms with Gasteiger partial charge in [0.25, 0.3) is 5.69 Å². The van der Waals surface area contributed by atoms with Crippen molar-refractivity contribution in [3.8, 4) is 0 Å². The molecule has 8 nitrogen and oxygen atoms in total. The van der Waals surface area contributed by atoms with Crippen LogP contribution in [0.3, 0.4) is 0 Å². The zero-order valence-electron chi connectivity index (χ0n) is 11.6. The SMILES string of the molecule is CC(=O)NCSC[C@H](NSc1ccccc1[N+](=O)[O-])C(=O)O. The van der Waals surface area contributed by atoms with E-state index in [0.29, 0.717) is 10.8 Å². The van der Waals surface area contributed by atoms with E-state index in [-0.39, 0.29) is 17.3 Å². The Morgan fingerprint density at radius 2 is 2.09 bits per heavy atom. The number of aliphatic carboxylic acids is 1. The number of nitrogens with one attached hydrogen (secondary N) is 2. The molecular formula is C12H15N3O5S2. The van der Waals surface area contributed by atoms with Gasteiger partial charge in [0.05, 0.1) is 10.8 Å². The van der Waals surface area contributed by atoms with Gasteiger partial charge in [-0.05, 0) is 18.0 Å². The van der Waals surface area contributed by atoms with Gasteiger partial charge in [0.15, 0.2) is 0 Å². The van der Waals surface area contributed by atoms with Crippen LogP contribution >= 0.6 is 23.7 Å². The van der Waals surface area contributed by atoms with Crippen molar-refractivity contribution in [2.45, 2.75) is 17.9 Å². The average molecular weight is 345 g/mol. The lowest BCUT2D eigenvalue weighted by molar-refractivity contribution is -0.387. The third kappa shape index (κ3) is 6.33. The fourth-order valence-electron chi connectivity index (χ4n) is 1.31. The fraction of sp³-hybridized carbons (Fsp3) is 0.333. The summed E-state index contributed by atoms with van der Waals surface area (Å²) < 4.78 is 2.70. The van der Waals surface area contributed by atoms with Crippen LogP contribution in [0.1, 0.15) is 6.92 Å². The molecule has 10 heteroatoms. The summed E-state index contributed by atoms with van der Waals surface area (Å²) in [5, 5.41) is 22.6. The Labute approximate surface area is 135 Å². The lowest BCUT2D eigenvalue weighted by atomic mass is 10.3. The van der Waals surface area contributed by atoms with E-state index in [1.54, 1.807) is 18.2 Å². The molecule has 1 amide bonds. The summed E-state index contributed by atoms with van der Waals surface area (Å²) >= 11 is 2.14. The number of nitro benzene ring substituents is 1. The molecule has 0 saturated heterocycles. The zero-order valence-corrected chi connectivity index (χ0v) is 13.3. The molecule has 1 atom stereocenters. The molecule has 0 radical (unpaired) electrons. The molecule has 1 rings (SSSR count). The highest BCUT2D eigenvalue weighted by Crippen LogP contribution is 2.27. The molecule has 0 heterocycles. The molecule has 0 aliphatic rings. The van der Waals surface area contributed by atoms with Gasteiger partial charge in [-0.15, -0.1) is 11.8 Å². The molecular weight excluding hydrogens is 330 g/mol. The minimum absolute atomic E-state index is 0.0879. The topological polar surface area (TPSA) is 122 Å².